The first-order chi connectivity index (χ1) is 5.22. The number of carbonyl (C=O) groups excluding carboxylic acids is 1. The molecule has 1 aliphatic carbocycles. The maximum Gasteiger partial charge on any atom is 0.221 e. The molecule has 0 bridgehead atoms. The van der Waals surface area contributed by atoms with Crippen molar-refractivity contribution >= 4 is 5.91 Å². The summed E-state index contributed by atoms with van der Waals surface area (Å²) in [4.78, 5) is 10.9. The monoisotopic (exact) mass is 152 g/mol. The van der Waals surface area contributed by atoms with Crippen LogP contribution in [0.2, 0.25) is 0 Å². The molecule has 1 N–H and O–H groups in total. The number of hydrogen-bond donors (Lipinski definition) is 1. The number of rotatable bonds is 2. The fourth-order valence-electron chi connectivity index (χ4n) is 1.33. The molecule has 0 heterocycles. The van der Waals surface area contributed by atoms with Gasteiger partial charge in [0, 0.05) is 13.5 Å². The van der Waals surface area contributed by atoms with Crippen molar-refractivity contribution in [3.8, 4) is 6.07 Å². The van der Waals surface area contributed by atoms with Crippen LogP contribution in [0.1, 0.15) is 25.7 Å². The first-order valence-corrected chi connectivity index (χ1v) is 3.84. The minimum absolute atomic E-state index is 0.0220. The van der Waals surface area contributed by atoms with Crippen LogP contribution in [-0.2, 0) is 4.79 Å². The number of nitriles is 1. The molecule has 0 aromatic carbocycles. The Bertz CT molecular complexity index is 201. The van der Waals surface area contributed by atoms with Gasteiger partial charge in [0.05, 0.1) is 11.5 Å². The van der Waals surface area contributed by atoms with E-state index in [2.05, 4.69) is 11.4 Å². The maximum absolute atomic E-state index is 10.9. The molecule has 1 saturated carbocycles. The summed E-state index contributed by atoms with van der Waals surface area (Å²) in [5, 5.41) is 11.3. The Morgan fingerprint density at radius 2 is 2.36 bits per heavy atom. The highest BCUT2D eigenvalue weighted by Crippen LogP contribution is 2.42. The molecular weight excluding hydrogens is 140 g/mol. The zero-order chi connectivity index (χ0) is 8.32. The lowest BCUT2D eigenvalue weighted by atomic mass is 9.68. The molecule has 3 nitrogen and oxygen atoms in total. The molecule has 0 aromatic heterocycles. The Morgan fingerprint density at radius 1 is 1.73 bits per heavy atom. The van der Waals surface area contributed by atoms with Gasteiger partial charge in [-0.3, -0.25) is 4.79 Å². The van der Waals surface area contributed by atoms with Gasteiger partial charge >= 0.3 is 0 Å². The summed E-state index contributed by atoms with van der Waals surface area (Å²) in [6.07, 6.45) is 3.23. The van der Waals surface area contributed by atoms with Crippen molar-refractivity contribution in [1.82, 2.24) is 5.32 Å². The van der Waals surface area contributed by atoms with Crippen molar-refractivity contribution in [2.45, 2.75) is 25.7 Å². The van der Waals surface area contributed by atoms with E-state index in [9.17, 15) is 4.79 Å². The Balaban J connectivity index is 2.46. The van der Waals surface area contributed by atoms with E-state index in [4.69, 9.17) is 5.26 Å². The lowest BCUT2D eigenvalue weighted by molar-refractivity contribution is -0.123. The quantitative estimate of drug-likeness (QED) is 0.636. The summed E-state index contributed by atoms with van der Waals surface area (Å²) >= 11 is 0. The van der Waals surface area contributed by atoms with Crippen LogP contribution in [0.25, 0.3) is 0 Å². The SMILES string of the molecule is CNC(=O)CC1(C#N)CCC1. The van der Waals surface area contributed by atoms with Crippen LogP contribution in [0.15, 0.2) is 0 Å². The van der Waals surface area contributed by atoms with E-state index in [-0.39, 0.29) is 11.3 Å². The third-order valence-electron chi connectivity index (χ3n) is 2.33. The van der Waals surface area contributed by atoms with E-state index in [1.54, 1.807) is 7.05 Å². The summed E-state index contributed by atoms with van der Waals surface area (Å²) in [5.74, 6) is -0.0220. The minimum atomic E-state index is -0.319. The van der Waals surface area contributed by atoms with Crippen molar-refractivity contribution in [3.05, 3.63) is 0 Å². The average molecular weight is 152 g/mol. The maximum atomic E-state index is 10.9. The van der Waals surface area contributed by atoms with Crippen LogP contribution in [0.3, 0.4) is 0 Å². The summed E-state index contributed by atoms with van der Waals surface area (Å²) in [7, 11) is 1.60. The molecule has 0 saturated heterocycles. The molecule has 0 unspecified atom stereocenters. The third-order valence-corrected chi connectivity index (χ3v) is 2.33. The minimum Gasteiger partial charge on any atom is -0.359 e. The van der Waals surface area contributed by atoms with Gasteiger partial charge in [0.25, 0.3) is 0 Å². The Labute approximate surface area is 66.4 Å². The fourth-order valence-corrected chi connectivity index (χ4v) is 1.33. The molecule has 11 heavy (non-hydrogen) atoms. The smallest absolute Gasteiger partial charge is 0.221 e. The van der Waals surface area contributed by atoms with Gasteiger partial charge < -0.3 is 5.32 Å². The standard InChI is InChI=1S/C8H12N2O/c1-10-7(11)5-8(6-9)3-2-4-8/h2-5H2,1H3,(H,10,11). The van der Waals surface area contributed by atoms with E-state index < -0.39 is 0 Å². The molecule has 0 aliphatic heterocycles. The topological polar surface area (TPSA) is 52.9 Å². The summed E-state index contributed by atoms with van der Waals surface area (Å²) in [6, 6.07) is 2.22. The second-order valence-corrected chi connectivity index (χ2v) is 3.10. The highest BCUT2D eigenvalue weighted by molar-refractivity contribution is 5.76. The molecule has 0 radical (unpaired) electrons. The molecular formula is C8H12N2O. The van der Waals surface area contributed by atoms with E-state index in [0.717, 1.165) is 19.3 Å². The Hall–Kier alpha value is -1.04. The van der Waals surface area contributed by atoms with Crippen LogP contribution in [0.4, 0.5) is 0 Å². The number of carbonyl (C=O) groups is 1. The molecule has 0 aromatic rings. The van der Waals surface area contributed by atoms with E-state index in [1.165, 1.54) is 0 Å². The van der Waals surface area contributed by atoms with Crippen molar-refractivity contribution in [1.29, 1.82) is 5.26 Å². The number of nitrogens with one attached hydrogen (secondary N) is 1. The van der Waals surface area contributed by atoms with E-state index in [0.29, 0.717) is 6.42 Å². The van der Waals surface area contributed by atoms with Crippen LogP contribution in [0, 0.1) is 16.7 Å². The summed E-state index contributed by atoms with van der Waals surface area (Å²) in [6.45, 7) is 0. The lowest BCUT2D eigenvalue weighted by Gasteiger charge is -2.34. The fraction of sp³-hybridized carbons (Fsp3) is 0.750. The molecule has 1 aliphatic rings. The zero-order valence-electron chi connectivity index (χ0n) is 6.68. The van der Waals surface area contributed by atoms with Crippen LogP contribution in [0.5, 0.6) is 0 Å². The van der Waals surface area contributed by atoms with Gasteiger partial charge in [-0.05, 0) is 12.8 Å². The van der Waals surface area contributed by atoms with Gasteiger partial charge in [-0.25, -0.2) is 0 Å². The molecule has 3 heteroatoms. The third kappa shape index (κ3) is 1.51. The van der Waals surface area contributed by atoms with Crippen LogP contribution >= 0.6 is 0 Å². The van der Waals surface area contributed by atoms with Gasteiger partial charge in [0.2, 0.25) is 5.91 Å². The van der Waals surface area contributed by atoms with Gasteiger partial charge in [-0.1, -0.05) is 6.42 Å². The first kappa shape index (κ1) is 8.06. The van der Waals surface area contributed by atoms with Gasteiger partial charge in [-0.2, -0.15) is 5.26 Å². The number of hydrogen-bond acceptors (Lipinski definition) is 2. The number of amides is 1. The molecule has 1 amide bonds. The van der Waals surface area contributed by atoms with Gasteiger partial charge in [-0.15, -0.1) is 0 Å². The predicted octanol–water partition coefficient (Wildman–Crippen LogP) is 0.816. The second-order valence-electron chi connectivity index (χ2n) is 3.10. The lowest BCUT2D eigenvalue weighted by Crippen LogP contribution is -2.34. The van der Waals surface area contributed by atoms with Crippen LogP contribution < -0.4 is 5.32 Å². The van der Waals surface area contributed by atoms with Crippen molar-refractivity contribution in [2.24, 2.45) is 5.41 Å². The number of nitrogens with zero attached hydrogens (tertiary/aromatic N) is 1. The average Bonchev–Trinajstić information content (AvgIpc) is 1.96. The van der Waals surface area contributed by atoms with Crippen molar-refractivity contribution < 1.29 is 4.79 Å². The largest absolute Gasteiger partial charge is 0.359 e. The highest BCUT2D eigenvalue weighted by atomic mass is 16.1. The Kier molecular flexibility index (Phi) is 2.13. The first-order valence-electron chi connectivity index (χ1n) is 3.84. The normalized spacial score (nSPS) is 19.6. The molecule has 1 fully saturated rings. The second kappa shape index (κ2) is 2.91. The van der Waals surface area contributed by atoms with E-state index in [1.807, 2.05) is 0 Å². The van der Waals surface area contributed by atoms with Crippen LogP contribution in [-0.4, -0.2) is 13.0 Å². The molecule has 60 valence electrons. The summed E-state index contributed by atoms with van der Waals surface area (Å²) < 4.78 is 0. The Morgan fingerprint density at radius 3 is 2.64 bits per heavy atom. The van der Waals surface area contributed by atoms with E-state index >= 15 is 0 Å². The molecule has 0 atom stereocenters. The van der Waals surface area contributed by atoms with Gasteiger partial charge in [0.1, 0.15) is 0 Å². The molecule has 1 rings (SSSR count). The predicted molar refractivity (Wildman–Crippen MR) is 40.6 cm³/mol. The highest BCUT2D eigenvalue weighted by Gasteiger charge is 2.38. The zero-order valence-corrected chi connectivity index (χ0v) is 6.68. The van der Waals surface area contributed by atoms with Crippen molar-refractivity contribution in [3.63, 3.8) is 0 Å². The summed E-state index contributed by atoms with van der Waals surface area (Å²) in [5.41, 5.74) is -0.319. The van der Waals surface area contributed by atoms with Crippen molar-refractivity contribution in [2.75, 3.05) is 7.05 Å². The van der Waals surface area contributed by atoms with Gasteiger partial charge in [0.15, 0.2) is 0 Å². The molecule has 0 spiro atoms.